The van der Waals surface area contributed by atoms with Crippen molar-refractivity contribution in [3.63, 3.8) is 0 Å². The van der Waals surface area contributed by atoms with E-state index in [0.29, 0.717) is 47.3 Å². The maximum Gasteiger partial charge on any atom is 0.0708 e. The van der Waals surface area contributed by atoms with Crippen LogP contribution in [0.15, 0.2) is 132 Å². The molecule has 1 aromatic heterocycles. The fraction of sp³-hybridized carbons (Fsp3) is 0.400. The van der Waals surface area contributed by atoms with Crippen LogP contribution in [-0.2, 0) is 0 Å². The first-order valence-corrected chi connectivity index (χ1v) is 18.4. The number of pyridine rings is 1. The normalized spacial score (nSPS) is 32.5. The van der Waals surface area contributed by atoms with Gasteiger partial charge in [-0.15, -0.1) is 0 Å². The van der Waals surface area contributed by atoms with Gasteiger partial charge in [0.15, 0.2) is 0 Å². The third-order valence-corrected chi connectivity index (χ3v) is 11.6. The van der Waals surface area contributed by atoms with Gasteiger partial charge in [0, 0.05) is 41.6 Å². The van der Waals surface area contributed by atoms with Crippen LogP contribution >= 0.6 is 0 Å². The average Bonchev–Trinajstić information content (AvgIpc) is 3.15. The van der Waals surface area contributed by atoms with Crippen molar-refractivity contribution in [2.75, 3.05) is 6.54 Å². The van der Waals surface area contributed by atoms with Crippen LogP contribution < -0.4 is 5.32 Å². The second-order valence-corrected chi connectivity index (χ2v) is 15.0. The minimum atomic E-state index is 0.395. The van der Waals surface area contributed by atoms with Crippen LogP contribution in [0.3, 0.4) is 0 Å². The lowest BCUT2D eigenvalue weighted by molar-refractivity contribution is 0.341. The summed E-state index contributed by atoms with van der Waals surface area (Å²) in [6.07, 6.45) is 49.3. The molecule has 0 saturated carbocycles. The maximum absolute atomic E-state index is 5.34. The Bertz CT molecular complexity index is 1730. The smallest absolute Gasteiger partial charge is 0.0708 e. The first-order chi connectivity index (χ1) is 23.1. The molecule has 1 N–H and O–H groups in total. The topological polar surface area (TPSA) is 24.9 Å². The molecule has 0 fully saturated rings. The van der Waals surface area contributed by atoms with E-state index in [0.717, 1.165) is 37.9 Å². The summed E-state index contributed by atoms with van der Waals surface area (Å²) in [6.45, 7) is 5.52. The summed E-state index contributed by atoms with van der Waals surface area (Å²) < 4.78 is 0. The summed E-state index contributed by atoms with van der Waals surface area (Å²) in [5.74, 6) is 3.89. The van der Waals surface area contributed by atoms with Crippen molar-refractivity contribution in [1.82, 2.24) is 10.3 Å². The molecule has 2 nitrogen and oxygen atoms in total. The Morgan fingerprint density at radius 3 is 2.51 bits per heavy atom. The lowest BCUT2D eigenvalue weighted by Gasteiger charge is -2.39. The third-order valence-electron chi connectivity index (χ3n) is 11.6. The molecule has 8 rings (SSSR count). The fourth-order valence-corrected chi connectivity index (χ4v) is 8.92. The Balaban J connectivity index is 1.19. The van der Waals surface area contributed by atoms with E-state index < -0.39 is 0 Å². The molecular weight excluding hydrogens is 569 g/mol. The molecule has 0 radical (unpaired) electrons. The van der Waals surface area contributed by atoms with E-state index in [2.05, 4.69) is 135 Å². The van der Waals surface area contributed by atoms with Crippen LogP contribution in [0.5, 0.6) is 0 Å². The van der Waals surface area contributed by atoms with Crippen LogP contribution in [0.1, 0.15) is 81.7 Å². The van der Waals surface area contributed by atoms with Gasteiger partial charge in [0.2, 0.25) is 0 Å². The Morgan fingerprint density at radius 2 is 1.68 bits per heavy atom. The molecule has 2 heteroatoms. The minimum Gasteiger partial charge on any atom is -0.385 e. The van der Waals surface area contributed by atoms with Crippen molar-refractivity contribution in [3.05, 3.63) is 149 Å². The Morgan fingerprint density at radius 1 is 0.787 bits per heavy atom. The molecular formula is C45H50N2. The molecule has 6 aliphatic carbocycles. The van der Waals surface area contributed by atoms with Crippen molar-refractivity contribution in [2.24, 2.45) is 41.4 Å². The van der Waals surface area contributed by atoms with Crippen LogP contribution in [0.2, 0.25) is 0 Å². The predicted octanol–water partition coefficient (Wildman–Crippen LogP) is 10.8. The van der Waals surface area contributed by atoms with Crippen molar-refractivity contribution >= 4 is 11.1 Å². The molecule has 2 heterocycles. The Kier molecular flexibility index (Phi) is 8.61. The zero-order valence-electron chi connectivity index (χ0n) is 28.2. The first-order valence-electron chi connectivity index (χ1n) is 18.4. The molecule has 1 aromatic rings. The van der Waals surface area contributed by atoms with Gasteiger partial charge in [-0.25, -0.2) is 0 Å². The second-order valence-electron chi connectivity index (χ2n) is 15.0. The van der Waals surface area contributed by atoms with E-state index in [1.165, 1.54) is 52.9 Å². The zero-order valence-corrected chi connectivity index (χ0v) is 28.2. The van der Waals surface area contributed by atoms with Crippen LogP contribution in [0.25, 0.3) is 11.1 Å². The van der Waals surface area contributed by atoms with Crippen molar-refractivity contribution in [3.8, 4) is 0 Å². The summed E-state index contributed by atoms with van der Waals surface area (Å²) in [6, 6.07) is 4.86. The van der Waals surface area contributed by atoms with E-state index >= 15 is 0 Å². The van der Waals surface area contributed by atoms with Crippen molar-refractivity contribution < 1.29 is 0 Å². The van der Waals surface area contributed by atoms with Gasteiger partial charge in [0.05, 0.1) is 5.69 Å². The maximum atomic E-state index is 5.34. The SMILES string of the molecule is CC(C)C1=CC(C2C=C(c3cc(C4=CCCC=C4)nc(C4C=CCCC4)c3)CC(C3=CC4C(C=C3)C=CC3C=CC=CC34)C2)=CCN1. The van der Waals surface area contributed by atoms with Crippen LogP contribution in [0.4, 0.5) is 0 Å². The highest BCUT2D eigenvalue weighted by atomic mass is 14.9. The average molecular weight is 619 g/mol. The van der Waals surface area contributed by atoms with E-state index in [9.17, 15) is 0 Å². The van der Waals surface area contributed by atoms with E-state index in [1.54, 1.807) is 5.57 Å². The van der Waals surface area contributed by atoms with Gasteiger partial charge < -0.3 is 5.32 Å². The summed E-state index contributed by atoms with van der Waals surface area (Å²) in [7, 11) is 0. The fourth-order valence-electron chi connectivity index (χ4n) is 8.92. The van der Waals surface area contributed by atoms with Crippen LogP contribution in [-0.4, -0.2) is 11.5 Å². The lowest BCUT2D eigenvalue weighted by Crippen LogP contribution is -2.31. The number of nitrogens with one attached hydrogen (secondary N) is 1. The molecule has 7 unspecified atom stereocenters. The van der Waals surface area contributed by atoms with Gasteiger partial charge in [-0.05, 0) is 115 Å². The van der Waals surface area contributed by atoms with Gasteiger partial charge >= 0.3 is 0 Å². The van der Waals surface area contributed by atoms with Gasteiger partial charge in [0.25, 0.3) is 0 Å². The third kappa shape index (κ3) is 6.37. The quantitative estimate of drug-likeness (QED) is 0.321. The molecule has 0 bridgehead atoms. The molecule has 7 atom stereocenters. The van der Waals surface area contributed by atoms with Gasteiger partial charge in [-0.1, -0.05) is 111 Å². The summed E-state index contributed by atoms with van der Waals surface area (Å²) in [4.78, 5) is 5.34. The highest BCUT2D eigenvalue weighted by Gasteiger charge is 2.36. The molecule has 1 aliphatic heterocycles. The lowest BCUT2D eigenvalue weighted by atomic mass is 9.65. The van der Waals surface area contributed by atoms with Crippen molar-refractivity contribution in [2.45, 2.75) is 64.7 Å². The number of rotatable bonds is 6. The van der Waals surface area contributed by atoms with Crippen LogP contribution in [0, 0.1) is 41.4 Å². The molecule has 7 aliphatic rings. The van der Waals surface area contributed by atoms with Gasteiger partial charge in [-0.2, -0.15) is 0 Å². The molecule has 240 valence electrons. The van der Waals surface area contributed by atoms with Crippen molar-refractivity contribution in [1.29, 1.82) is 0 Å². The van der Waals surface area contributed by atoms with E-state index in [1.807, 2.05) is 0 Å². The summed E-state index contributed by atoms with van der Waals surface area (Å²) in [5, 5.41) is 3.65. The largest absolute Gasteiger partial charge is 0.385 e. The highest BCUT2D eigenvalue weighted by Crippen LogP contribution is 2.47. The zero-order chi connectivity index (χ0) is 31.7. The van der Waals surface area contributed by atoms with Gasteiger partial charge in [0.1, 0.15) is 0 Å². The molecule has 0 aromatic carbocycles. The molecule has 0 spiro atoms. The number of nitrogens with zero attached hydrogens (tertiary/aromatic N) is 1. The number of allylic oxidation sites excluding steroid dienone is 21. The Hall–Kier alpha value is -3.91. The van der Waals surface area contributed by atoms with E-state index in [4.69, 9.17) is 4.98 Å². The predicted molar refractivity (Wildman–Crippen MR) is 198 cm³/mol. The Labute approximate surface area is 282 Å². The van der Waals surface area contributed by atoms with Gasteiger partial charge in [-0.3, -0.25) is 4.98 Å². The summed E-state index contributed by atoms with van der Waals surface area (Å²) in [5.41, 5.74) is 10.9. The number of hydrogen-bond donors (Lipinski definition) is 1. The summed E-state index contributed by atoms with van der Waals surface area (Å²) >= 11 is 0. The monoisotopic (exact) mass is 618 g/mol. The number of hydrogen-bond acceptors (Lipinski definition) is 2. The molecule has 0 amide bonds. The standard InChI is InChI=1S/C45H50N2/c1-30(2)43-27-36(21-22-46-43)38-23-37(35-20-19-32-18-17-31-11-9-10-16-41(31)42(32)26-35)24-39(25-38)40-28-44(33-12-5-3-6-13-33)47-45(29-40)34-14-7-4-8-15-34/h5,7,9-14,16-21,25-32,34,37-38,41-42,46H,3-4,6,8,15,22-24H2,1-2H3. The second kappa shape index (κ2) is 13.3. The minimum absolute atomic E-state index is 0.395. The number of fused-ring (bicyclic) bond motifs is 3. The molecule has 0 saturated heterocycles. The number of dihydropyridines is 1. The number of aromatic nitrogens is 1. The van der Waals surface area contributed by atoms with E-state index in [-0.39, 0.29) is 0 Å². The molecule has 47 heavy (non-hydrogen) atoms. The first kappa shape index (κ1) is 30.4. The highest BCUT2D eigenvalue weighted by molar-refractivity contribution is 5.77.